The monoisotopic (exact) mass is 677 g/mol. The van der Waals surface area contributed by atoms with E-state index in [9.17, 15) is 0 Å². The van der Waals surface area contributed by atoms with Crippen LogP contribution in [0, 0.1) is 0 Å². The quantitative estimate of drug-likeness (QED) is 0.0736. The van der Waals surface area contributed by atoms with Gasteiger partial charge in [-0.1, -0.05) is 129 Å². The molecule has 0 aromatic carbocycles. The minimum absolute atomic E-state index is 0.123. The van der Waals surface area contributed by atoms with Gasteiger partial charge < -0.3 is 9.47 Å². The van der Waals surface area contributed by atoms with Crippen LogP contribution in [0.4, 0.5) is 0 Å². The van der Waals surface area contributed by atoms with Crippen LogP contribution in [0.2, 0.25) is 0 Å². The molecule has 2 fully saturated rings. The van der Waals surface area contributed by atoms with E-state index in [4.69, 9.17) is 9.47 Å². The second-order valence-electron chi connectivity index (χ2n) is 18.4. The summed E-state index contributed by atoms with van der Waals surface area (Å²) < 4.78 is 13.2. The van der Waals surface area contributed by atoms with E-state index in [1.165, 1.54) is 154 Å². The van der Waals surface area contributed by atoms with Crippen molar-refractivity contribution in [2.45, 2.75) is 258 Å². The van der Waals surface area contributed by atoms with Gasteiger partial charge in [0.05, 0.1) is 12.2 Å². The number of likely N-dealkylation sites (tertiary alicyclic amines) is 2. The molecule has 0 N–H and O–H groups in total. The number of ether oxygens (including phenoxy) is 2. The zero-order valence-electron chi connectivity index (χ0n) is 34.7. The maximum absolute atomic E-state index is 6.60. The van der Waals surface area contributed by atoms with Crippen LogP contribution in [-0.4, -0.2) is 70.5 Å². The fourth-order valence-electron chi connectivity index (χ4n) is 9.41. The zero-order valence-corrected chi connectivity index (χ0v) is 34.7. The third-order valence-electron chi connectivity index (χ3n) is 12.4. The number of hydrogen-bond donors (Lipinski definition) is 0. The van der Waals surface area contributed by atoms with Crippen LogP contribution < -0.4 is 0 Å². The molecular weight excluding hydrogens is 588 g/mol. The smallest absolute Gasteiger partial charge is 0.0770 e. The first kappa shape index (κ1) is 44.0. The second-order valence-corrected chi connectivity index (χ2v) is 18.4. The van der Waals surface area contributed by atoms with E-state index < -0.39 is 0 Å². The van der Waals surface area contributed by atoms with E-state index in [0.29, 0.717) is 12.2 Å². The molecule has 0 aromatic rings. The molecule has 4 heteroatoms. The molecule has 0 radical (unpaired) electrons. The highest BCUT2D eigenvalue weighted by atomic mass is 16.5. The van der Waals surface area contributed by atoms with E-state index >= 15 is 0 Å². The fraction of sp³-hybridized carbons (Fsp3) is 1.00. The Balaban J connectivity index is 1.55. The van der Waals surface area contributed by atoms with Gasteiger partial charge in [-0.2, -0.15) is 0 Å². The average Bonchev–Trinajstić information content (AvgIpc) is 3.31. The van der Waals surface area contributed by atoms with Crippen molar-refractivity contribution >= 4 is 0 Å². The van der Waals surface area contributed by atoms with E-state index in [2.05, 4.69) is 79.0 Å². The lowest BCUT2D eigenvalue weighted by Gasteiger charge is -2.41. The molecule has 48 heavy (non-hydrogen) atoms. The minimum Gasteiger partial charge on any atom is -0.376 e. The molecule has 0 amide bonds. The van der Waals surface area contributed by atoms with E-state index in [1.54, 1.807) is 0 Å². The standard InChI is InChI=1S/C44H88N2O2/c1-11-13-15-17-19-21-25-29-33-45-41(3,4)37-39(43(45,7)8)47-35-31-27-23-24-28-32-36-48-40-38-42(5,6)46(44(40,9)10)34-30-26-22-20-18-16-14-12-2/h39-40H,11-38H2,1-10H3. The van der Waals surface area contributed by atoms with Crippen molar-refractivity contribution in [3.05, 3.63) is 0 Å². The Labute approximate surface area is 302 Å². The molecule has 286 valence electrons. The van der Waals surface area contributed by atoms with Gasteiger partial charge in [0.15, 0.2) is 0 Å². The largest absolute Gasteiger partial charge is 0.376 e. The Morgan fingerprint density at radius 2 is 0.667 bits per heavy atom. The van der Waals surface area contributed by atoms with Crippen LogP contribution in [0.3, 0.4) is 0 Å². The molecule has 0 aromatic heterocycles. The molecule has 2 aliphatic rings. The molecule has 0 saturated carbocycles. The summed E-state index contributed by atoms with van der Waals surface area (Å²) in [5.41, 5.74) is 0.704. The van der Waals surface area contributed by atoms with Crippen molar-refractivity contribution in [2.75, 3.05) is 26.3 Å². The average molecular weight is 677 g/mol. The van der Waals surface area contributed by atoms with Gasteiger partial charge >= 0.3 is 0 Å². The van der Waals surface area contributed by atoms with Gasteiger partial charge in [-0.15, -0.1) is 0 Å². The van der Waals surface area contributed by atoms with Crippen LogP contribution in [-0.2, 0) is 9.47 Å². The summed E-state index contributed by atoms with van der Waals surface area (Å²) in [5.74, 6) is 0. The van der Waals surface area contributed by atoms with Crippen LogP contribution in [0.15, 0.2) is 0 Å². The van der Waals surface area contributed by atoms with Crippen molar-refractivity contribution < 1.29 is 9.47 Å². The van der Waals surface area contributed by atoms with Crippen LogP contribution in [0.1, 0.15) is 223 Å². The number of unbranched alkanes of at least 4 members (excludes halogenated alkanes) is 19. The summed E-state index contributed by atoms with van der Waals surface area (Å²) in [4.78, 5) is 5.54. The summed E-state index contributed by atoms with van der Waals surface area (Å²) in [7, 11) is 0. The Kier molecular flexibility index (Phi) is 20.8. The molecular formula is C44H88N2O2. The Bertz CT molecular complexity index is 740. The van der Waals surface area contributed by atoms with Gasteiger partial charge in [-0.05, 0) is 107 Å². The SMILES string of the molecule is CCCCCCCCCCN1C(C)(C)CC(OCCCCCCCCOC2CC(C)(C)N(CCCCCCCCCC)C2(C)C)C1(C)C. The van der Waals surface area contributed by atoms with Crippen molar-refractivity contribution in [1.82, 2.24) is 9.80 Å². The Morgan fingerprint density at radius 1 is 0.396 bits per heavy atom. The highest BCUT2D eigenvalue weighted by Crippen LogP contribution is 2.44. The minimum atomic E-state index is 0.123. The molecule has 2 atom stereocenters. The first-order valence-electron chi connectivity index (χ1n) is 21.6. The highest BCUT2D eigenvalue weighted by molar-refractivity contribution is 5.07. The van der Waals surface area contributed by atoms with E-state index in [1.807, 2.05) is 0 Å². The van der Waals surface area contributed by atoms with Crippen LogP contribution >= 0.6 is 0 Å². The normalized spacial score (nSPS) is 23.4. The Morgan fingerprint density at radius 3 is 0.979 bits per heavy atom. The first-order valence-corrected chi connectivity index (χ1v) is 21.6. The van der Waals surface area contributed by atoms with Gasteiger partial charge in [-0.25, -0.2) is 0 Å². The lowest BCUT2D eigenvalue weighted by molar-refractivity contribution is -0.0199. The maximum Gasteiger partial charge on any atom is 0.0770 e. The number of rotatable bonds is 29. The molecule has 0 spiro atoms. The molecule has 2 saturated heterocycles. The lowest BCUT2D eigenvalue weighted by atomic mass is 9.97. The molecule has 4 nitrogen and oxygen atoms in total. The van der Waals surface area contributed by atoms with Gasteiger partial charge in [0, 0.05) is 35.4 Å². The van der Waals surface area contributed by atoms with E-state index in [-0.39, 0.29) is 22.2 Å². The maximum atomic E-state index is 6.60. The summed E-state index contributed by atoms with van der Waals surface area (Å²) in [6.45, 7) is 28.4. The van der Waals surface area contributed by atoms with Gasteiger partial charge in [-0.3, -0.25) is 9.80 Å². The topological polar surface area (TPSA) is 24.9 Å². The van der Waals surface area contributed by atoms with E-state index in [0.717, 1.165) is 26.1 Å². The van der Waals surface area contributed by atoms with Crippen molar-refractivity contribution in [1.29, 1.82) is 0 Å². The Hall–Kier alpha value is -0.160. The predicted octanol–water partition coefficient (Wildman–Crippen LogP) is 12.9. The van der Waals surface area contributed by atoms with Gasteiger partial charge in [0.25, 0.3) is 0 Å². The van der Waals surface area contributed by atoms with Crippen molar-refractivity contribution in [3.8, 4) is 0 Å². The number of hydrogen-bond acceptors (Lipinski definition) is 4. The fourth-order valence-corrected chi connectivity index (χ4v) is 9.41. The zero-order chi connectivity index (χ0) is 35.5. The summed E-state index contributed by atoms with van der Waals surface area (Å²) in [5, 5.41) is 0. The molecule has 2 heterocycles. The third kappa shape index (κ3) is 14.8. The first-order chi connectivity index (χ1) is 22.8. The summed E-state index contributed by atoms with van der Waals surface area (Å²) >= 11 is 0. The molecule has 0 bridgehead atoms. The van der Waals surface area contributed by atoms with Crippen molar-refractivity contribution in [3.63, 3.8) is 0 Å². The predicted molar refractivity (Wildman–Crippen MR) is 211 cm³/mol. The highest BCUT2D eigenvalue weighted by Gasteiger charge is 2.52. The van der Waals surface area contributed by atoms with Crippen LogP contribution in [0.25, 0.3) is 0 Å². The van der Waals surface area contributed by atoms with Crippen LogP contribution in [0.5, 0.6) is 0 Å². The van der Waals surface area contributed by atoms with Gasteiger partial charge in [0.2, 0.25) is 0 Å². The molecule has 2 aliphatic heterocycles. The second kappa shape index (κ2) is 22.7. The van der Waals surface area contributed by atoms with Crippen molar-refractivity contribution in [2.24, 2.45) is 0 Å². The lowest BCUT2D eigenvalue weighted by Crippen LogP contribution is -2.51. The van der Waals surface area contributed by atoms with Gasteiger partial charge in [0.1, 0.15) is 0 Å². The number of nitrogens with zero attached hydrogens (tertiary/aromatic N) is 2. The third-order valence-corrected chi connectivity index (χ3v) is 12.4. The summed E-state index contributed by atoms with van der Waals surface area (Å²) in [6, 6.07) is 0. The molecule has 2 unspecified atom stereocenters. The summed E-state index contributed by atoms with van der Waals surface area (Å²) in [6.07, 6.45) is 32.9. The molecule has 0 aliphatic carbocycles. The molecule has 2 rings (SSSR count).